The first-order valence-corrected chi connectivity index (χ1v) is 9.94. The predicted octanol–water partition coefficient (Wildman–Crippen LogP) is 3.67. The van der Waals surface area contributed by atoms with E-state index in [1.54, 1.807) is 0 Å². The van der Waals surface area contributed by atoms with Crippen molar-refractivity contribution in [3.8, 4) is 0 Å². The number of fused-ring (bicyclic) bond motifs is 1. The largest absolute Gasteiger partial charge is 0.351 e. The summed E-state index contributed by atoms with van der Waals surface area (Å²) in [6.07, 6.45) is 2.69. The van der Waals surface area contributed by atoms with Crippen molar-refractivity contribution in [2.75, 3.05) is 26.2 Å². The molecule has 2 saturated heterocycles. The highest BCUT2D eigenvalue weighted by atomic mass is 16.2. The molecule has 1 unspecified atom stereocenters. The van der Waals surface area contributed by atoms with E-state index in [9.17, 15) is 9.59 Å². The number of aromatic amines is 1. The number of nitrogens with one attached hydrogen (secondary N) is 1. The molecule has 5 heteroatoms. The Morgan fingerprint density at radius 3 is 2.70 bits per heavy atom. The number of benzene rings is 1. The summed E-state index contributed by atoms with van der Waals surface area (Å²) in [5.74, 6) is 0.249. The van der Waals surface area contributed by atoms with Gasteiger partial charge >= 0.3 is 0 Å². The molecule has 3 heterocycles. The van der Waals surface area contributed by atoms with Crippen LogP contribution in [-0.4, -0.2) is 52.8 Å². The second-order valence-corrected chi connectivity index (χ2v) is 9.42. The lowest BCUT2D eigenvalue weighted by Crippen LogP contribution is -2.52. The molecule has 0 bridgehead atoms. The minimum absolute atomic E-state index is 0.00354. The van der Waals surface area contributed by atoms with Crippen molar-refractivity contribution in [2.45, 2.75) is 40.0 Å². The van der Waals surface area contributed by atoms with E-state index in [4.69, 9.17) is 0 Å². The minimum atomic E-state index is -0.384. The Hall–Kier alpha value is -2.30. The normalized spacial score (nSPS) is 23.6. The van der Waals surface area contributed by atoms with Crippen molar-refractivity contribution in [2.24, 2.45) is 10.8 Å². The van der Waals surface area contributed by atoms with Gasteiger partial charge in [-0.1, -0.05) is 39.0 Å². The molecule has 1 atom stereocenters. The van der Waals surface area contributed by atoms with Crippen LogP contribution < -0.4 is 0 Å². The zero-order valence-corrected chi connectivity index (χ0v) is 16.5. The van der Waals surface area contributed by atoms with Gasteiger partial charge in [0.1, 0.15) is 5.69 Å². The monoisotopic (exact) mass is 367 g/mol. The van der Waals surface area contributed by atoms with E-state index < -0.39 is 0 Å². The highest BCUT2D eigenvalue weighted by molar-refractivity contribution is 5.98. The Labute approximate surface area is 160 Å². The van der Waals surface area contributed by atoms with E-state index in [-0.39, 0.29) is 22.6 Å². The molecule has 27 heavy (non-hydrogen) atoms. The topological polar surface area (TPSA) is 56.4 Å². The first-order valence-electron chi connectivity index (χ1n) is 9.94. The summed E-state index contributed by atoms with van der Waals surface area (Å²) in [7, 11) is 0. The summed E-state index contributed by atoms with van der Waals surface area (Å²) < 4.78 is 0. The van der Waals surface area contributed by atoms with Gasteiger partial charge in [-0.2, -0.15) is 0 Å². The van der Waals surface area contributed by atoms with E-state index in [0.717, 1.165) is 43.3 Å². The molecule has 0 aliphatic carbocycles. The third kappa shape index (κ3) is 3.35. The molecule has 5 nitrogen and oxygen atoms in total. The van der Waals surface area contributed by atoms with Gasteiger partial charge in [-0.25, -0.2) is 0 Å². The van der Waals surface area contributed by atoms with Crippen LogP contribution in [-0.2, 0) is 4.79 Å². The fraction of sp³-hybridized carbons (Fsp3) is 0.545. The quantitative estimate of drug-likeness (QED) is 0.880. The van der Waals surface area contributed by atoms with Gasteiger partial charge in [-0.15, -0.1) is 0 Å². The summed E-state index contributed by atoms with van der Waals surface area (Å²) >= 11 is 0. The molecule has 2 amide bonds. The standard InChI is InChI=1S/C22H29N3O2/c1-21(2,3)14-25-11-6-9-22(20(25)27)10-12-24(15-22)19(26)18-13-16-7-4-5-8-17(16)23-18/h4-5,7-8,13,23H,6,9-12,14-15H2,1-3H3. The molecule has 4 rings (SSSR count). The van der Waals surface area contributed by atoms with Crippen LogP contribution in [0.25, 0.3) is 10.9 Å². The van der Waals surface area contributed by atoms with Crippen molar-refractivity contribution in [1.29, 1.82) is 0 Å². The molecule has 1 aromatic heterocycles. The van der Waals surface area contributed by atoms with E-state index in [1.165, 1.54) is 0 Å². The molecule has 0 radical (unpaired) electrons. The Balaban J connectivity index is 1.51. The van der Waals surface area contributed by atoms with Crippen molar-refractivity contribution < 1.29 is 9.59 Å². The number of carbonyl (C=O) groups is 2. The number of rotatable bonds is 2. The van der Waals surface area contributed by atoms with Crippen LogP contribution in [0.5, 0.6) is 0 Å². The van der Waals surface area contributed by atoms with Crippen molar-refractivity contribution >= 4 is 22.7 Å². The van der Waals surface area contributed by atoms with E-state index in [1.807, 2.05) is 40.1 Å². The summed E-state index contributed by atoms with van der Waals surface area (Å²) in [6, 6.07) is 9.83. The third-order valence-corrected chi connectivity index (χ3v) is 5.89. The molecule has 2 fully saturated rings. The number of para-hydroxylation sites is 1. The van der Waals surface area contributed by atoms with Crippen LogP contribution in [0, 0.1) is 10.8 Å². The van der Waals surface area contributed by atoms with E-state index >= 15 is 0 Å². The third-order valence-electron chi connectivity index (χ3n) is 5.89. The fourth-order valence-corrected chi connectivity index (χ4v) is 4.66. The van der Waals surface area contributed by atoms with E-state index in [2.05, 4.69) is 25.8 Å². The van der Waals surface area contributed by atoms with Crippen LogP contribution in [0.1, 0.15) is 50.5 Å². The van der Waals surface area contributed by atoms with Gasteiger partial charge in [0.15, 0.2) is 0 Å². The van der Waals surface area contributed by atoms with Gasteiger partial charge in [0.25, 0.3) is 5.91 Å². The predicted molar refractivity (Wildman–Crippen MR) is 107 cm³/mol. The van der Waals surface area contributed by atoms with Crippen LogP contribution in [0.2, 0.25) is 0 Å². The number of aromatic nitrogens is 1. The molecule has 0 saturated carbocycles. The van der Waals surface area contributed by atoms with Gasteiger partial charge in [-0.3, -0.25) is 9.59 Å². The smallest absolute Gasteiger partial charge is 0.270 e. The van der Waals surface area contributed by atoms with Crippen LogP contribution in [0.3, 0.4) is 0 Å². The maximum absolute atomic E-state index is 13.3. The van der Waals surface area contributed by atoms with Crippen molar-refractivity contribution in [3.05, 3.63) is 36.0 Å². The first-order chi connectivity index (χ1) is 12.8. The molecule has 1 N–H and O–H groups in total. The molecule has 2 aromatic rings. The lowest BCUT2D eigenvalue weighted by atomic mass is 9.77. The zero-order chi connectivity index (χ0) is 19.2. The number of hydrogen-bond donors (Lipinski definition) is 1. The number of nitrogens with zero attached hydrogens (tertiary/aromatic N) is 2. The van der Waals surface area contributed by atoms with Gasteiger partial charge in [0.05, 0.1) is 5.41 Å². The Morgan fingerprint density at radius 1 is 1.19 bits per heavy atom. The lowest BCUT2D eigenvalue weighted by molar-refractivity contribution is -0.147. The van der Waals surface area contributed by atoms with Gasteiger partial charge in [0, 0.05) is 37.1 Å². The van der Waals surface area contributed by atoms with Crippen molar-refractivity contribution in [3.63, 3.8) is 0 Å². The Morgan fingerprint density at radius 2 is 1.96 bits per heavy atom. The summed E-state index contributed by atoms with van der Waals surface area (Å²) in [5.41, 5.74) is 1.29. The van der Waals surface area contributed by atoms with E-state index in [0.29, 0.717) is 18.8 Å². The van der Waals surface area contributed by atoms with Crippen LogP contribution in [0.4, 0.5) is 0 Å². The van der Waals surface area contributed by atoms with Gasteiger partial charge in [-0.05, 0) is 36.8 Å². The van der Waals surface area contributed by atoms with Crippen LogP contribution in [0.15, 0.2) is 30.3 Å². The molecule has 2 aliphatic heterocycles. The second-order valence-electron chi connectivity index (χ2n) is 9.42. The SMILES string of the molecule is CC(C)(C)CN1CCCC2(CCN(C(=O)c3cc4ccccc4[nH]3)C2)C1=O. The molecular weight excluding hydrogens is 338 g/mol. The van der Waals surface area contributed by atoms with Gasteiger partial charge < -0.3 is 14.8 Å². The summed E-state index contributed by atoms with van der Waals surface area (Å²) in [5, 5.41) is 1.04. The lowest BCUT2D eigenvalue weighted by Gasteiger charge is -2.41. The Kier molecular flexibility index (Phi) is 4.28. The molecule has 1 spiro atoms. The number of piperidine rings is 1. The molecule has 144 valence electrons. The molecule has 2 aliphatic rings. The average molecular weight is 367 g/mol. The number of amides is 2. The number of likely N-dealkylation sites (tertiary alicyclic amines) is 2. The Bertz CT molecular complexity index is 846. The van der Waals surface area contributed by atoms with Gasteiger partial charge in [0.2, 0.25) is 5.91 Å². The zero-order valence-electron chi connectivity index (χ0n) is 16.5. The van der Waals surface area contributed by atoms with Crippen molar-refractivity contribution in [1.82, 2.24) is 14.8 Å². The highest BCUT2D eigenvalue weighted by Gasteiger charge is 2.49. The average Bonchev–Trinajstić information content (AvgIpc) is 3.22. The van der Waals surface area contributed by atoms with Crippen LogP contribution >= 0.6 is 0 Å². The number of H-pyrrole nitrogens is 1. The fourth-order valence-electron chi connectivity index (χ4n) is 4.66. The minimum Gasteiger partial charge on any atom is -0.351 e. The maximum Gasteiger partial charge on any atom is 0.270 e. The maximum atomic E-state index is 13.3. The first kappa shape index (κ1) is 18.1. The summed E-state index contributed by atoms with van der Waals surface area (Å²) in [6.45, 7) is 9.33. The molecule has 1 aromatic carbocycles. The second kappa shape index (κ2) is 6.39. The number of carbonyl (C=O) groups excluding carboxylic acids is 2. The summed E-state index contributed by atoms with van der Waals surface area (Å²) in [4.78, 5) is 33.4. The highest BCUT2D eigenvalue weighted by Crippen LogP contribution is 2.41. The molecular formula is C22H29N3O2. The number of hydrogen-bond acceptors (Lipinski definition) is 2.